The molecule has 0 spiro atoms. The fraction of sp³-hybridized carbons (Fsp3) is 0.444. The van der Waals surface area contributed by atoms with Crippen molar-refractivity contribution in [3.8, 4) is 5.88 Å². The maximum Gasteiger partial charge on any atom is 0.230 e. The lowest BCUT2D eigenvalue weighted by Gasteiger charge is -2.40. The van der Waals surface area contributed by atoms with Gasteiger partial charge in [-0.05, 0) is 38.5 Å². The predicted octanol–water partition coefficient (Wildman–Crippen LogP) is 3.77. The normalized spacial score (nSPS) is 22.8. The summed E-state index contributed by atoms with van der Waals surface area (Å²) in [6, 6.07) is 8.17. The van der Waals surface area contributed by atoms with Gasteiger partial charge in [-0.15, -0.1) is 5.10 Å². The molecule has 1 aliphatic rings. The maximum absolute atomic E-state index is 10.9. The molecule has 26 heavy (non-hydrogen) atoms. The quantitative estimate of drug-likeness (QED) is 0.676. The standard InChI is InChI=1S/C18H21BrN4O2S/c1-10-8-22(9-11(2)25-10)15(13-5-4-6-14(19)7-13)16-17(24)23-18(26-16)20-12(3)21-23/h4-7,10-11,15,24H,8-9H2,1-3H3/t10-,11-,15+/m1/s1. The highest BCUT2D eigenvalue weighted by Crippen LogP contribution is 2.41. The van der Waals surface area contributed by atoms with Crippen molar-refractivity contribution in [2.75, 3.05) is 13.1 Å². The second-order valence-electron chi connectivity index (χ2n) is 6.81. The molecule has 8 heteroatoms. The summed E-state index contributed by atoms with van der Waals surface area (Å²) in [7, 11) is 0. The minimum atomic E-state index is -0.0740. The van der Waals surface area contributed by atoms with Crippen LogP contribution in [0.3, 0.4) is 0 Å². The fourth-order valence-corrected chi connectivity index (χ4v) is 5.24. The first-order chi connectivity index (χ1) is 12.4. The third kappa shape index (κ3) is 3.26. The van der Waals surface area contributed by atoms with Crippen molar-refractivity contribution in [1.29, 1.82) is 0 Å². The van der Waals surface area contributed by atoms with Gasteiger partial charge in [0, 0.05) is 17.6 Å². The largest absolute Gasteiger partial charge is 0.492 e. The fourth-order valence-electron chi connectivity index (χ4n) is 3.66. The number of thiazole rings is 1. The number of aromatic hydroxyl groups is 1. The highest BCUT2D eigenvalue weighted by Gasteiger charge is 2.34. The Hall–Kier alpha value is -1.48. The second kappa shape index (κ2) is 6.92. The molecule has 3 aromatic rings. The molecule has 1 N–H and O–H groups in total. The molecule has 4 rings (SSSR count). The molecule has 1 fully saturated rings. The van der Waals surface area contributed by atoms with Crippen LogP contribution in [0.15, 0.2) is 28.7 Å². The molecule has 1 saturated heterocycles. The lowest BCUT2D eigenvalue weighted by atomic mass is 10.0. The molecular formula is C18H21BrN4O2S. The van der Waals surface area contributed by atoms with Gasteiger partial charge in [0.15, 0.2) is 0 Å². The van der Waals surface area contributed by atoms with E-state index in [1.165, 1.54) is 15.9 Å². The number of benzene rings is 1. The molecule has 0 bridgehead atoms. The molecule has 2 aromatic heterocycles. The Morgan fingerprint density at radius 1 is 1.31 bits per heavy atom. The first-order valence-corrected chi connectivity index (χ1v) is 10.2. The van der Waals surface area contributed by atoms with Gasteiger partial charge in [0.05, 0.1) is 23.1 Å². The summed E-state index contributed by atoms with van der Waals surface area (Å²) >= 11 is 5.06. The van der Waals surface area contributed by atoms with Crippen LogP contribution in [0.25, 0.3) is 4.96 Å². The van der Waals surface area contributed by atoms with Crippen LogP contribution in [0, 0.1) is 6.92 Å². The number of fused-ring (bicyclic) bond motifs is 1. The van der Waals surface area contributed by atoms with Crippen molar-refractivity contribution < 1.29 is 9.84 Å². The van der Waals surface area contributed by atoms with Crippen molar-refractivity contribution in [1.82, 2.24) is 19.5 Å². The zero-order chi connectivity index (χ0) is 18.4. The minimum absolute atomic E-state index is 0.0740. The van der Waals surface area contributed by atoms with Gasteiger partial charge in [-0.25, -0.2) is 4.98 Å². The minimum Gasteiger partial charge on any atom is -0.492 e. The molecule has 1 aromatic carbocycles. The molecule has 1 aliphatic heterocycles. The molecule has 0 radical (unpaired) electrons. The molecule has 3 heterocycles. The predicted molar refractivity (Wildman–Crippen MR) is 105 cm³/mol. The van der Waals surface area contributed by atoms with Crippen molar-refractivity contribution in [3.05, 3.63) is 45.0 Å². The number of halogens is 1. The van der Waals surface area contributed by atoms with E-state index in [0.29, 0.717) is 10.8 Å². The van der Waals surface area contributed by atoms with Crippen LogP contribution in [0.1, 0.15) is 36.2 Å². The number of hydrogen-bond donors (Lipinski definition) is 1. The summed E-state index contributed by atoms with van der Waals surface area (Å²) < 4.78 is 8.47. The summed E-state index contributed by atoms with van der Waals surface area (Å²) in [5, 5.41) is 15.2. The van der Waals surface area contributed by atoms with Gasteiger partial charge in [0.2, 0.25) is 10.8 Å². The van der Waals surface area contributed by atoms with Gasteiger partial charge < -0.3 is 9.84 Å². The van der Waals surface area contributed by atoms with Crippen molar-refractivity contribution in [3.63, 3.8) is 0 Å². The molecule has 0 saturated carbocycles. The Labute approximate surface area is 164 Å². The summed E-state index contributed by atoms with van der Waals surface area (Å²) in [5.74, 6) is 0.827. The highest BCUT2D eigenvalue weighted by molar-refractivity contribution is 9.10. The van der Waals surface area contributed by atoms with Crippen LogP contribution in [0.2, 0.25) is 0 Å². The molecular weight excluding hydrogens is 416 g/mol. The first kappa shape index (κ1) is 17.9. The number of nitrogens with zero attached hydrogens (tertiary/aromatic N) is 4. The van der Waals surface area contributed by atoms with Crippen LogP contribution >= 0.6 is 27.3 Å². The molecule has 138 valence electrons. The molecule has 0 unspecified atom stereocenters. The Balaban J connectivity index is 1.84. The second-order valence-corrected chi connectivity index (χ2v) is 8.74. The topological polar surface area (TPSA) is 62.9 Å². The Kier molecular flexibility index (Phi) is 4.77. The number of aromatic nitrogens is 3. The molecule has 0 amide bonds. The van der Waals surface area contributed by atoms with Crippen molar-refractivity contribution in [2.45, 2.75) is 39.0 Å². The monoisotopic (exact) mass is 436 g/mol. The molecule has 6 nitrogen and oxygen atoms in total. The molecule has 0 aliphatic carbocycles. The average molecular weight is 437 g/mol. The number of rotatable bonds is 3. The zero-order valence-corrected chi connectivity index (χ0v) is 17.3. The number of morpholine rings is 1. The summed E-state index contributed by atoms with van der Waals surface area (Å²) in [6.07, 6.45) is 0.278. The van der Waals surface area contributed by atoms with Gasteiger partial charge >= 0.3 is 0 Å². The van der Waals surface area contributed by atoms with E-state index in [1.54, 1.807) is 0 Å². The smallest absolute Gasteiger partial charge is 0.230 e. The van der Waals surface area contributed by atoms with Gasteiger partial charge in [0.25, 0.3) is 0 Å². The Bertz CT molecular complexity index is 931. The van der Waals surface area contributed by atoms with Crippen LogP contribution < -0.4 is 0 Å². The van der Waals surface area contributed by atoms with E-state index in [2.05, 4.69) is 56.9 Å². The highest BCUT2D eigenvalue weighted by atomic mass is 79.9. The Morgan fingerprint density at radius 2 is 2.04 bits per heavy atom. The zero-order valence-electron chi connectivity index (χ0n) is 14.9. The van der Waals surface area contributed by atoms with Gasteiger partial charge in [0.1, 0.15) is 5.82 Å². The molecule has 3 atom stereocenters. The van der Waals surface area contributed by atoms with E-state index in [0.717, 1.165) is 28.0 Å². The van der Waals surface area contributed by atoms with E-state index in [9.17, 15) is 5.11 Å². The average Bonchev–Trinajstić information content (AvgIpc) is 3.05. The summed E-state index contributed by atoms with van der Waals surface area (Å²) in [6.45, 7) is 7.61. The third-order valence-electron chi connectivity index (χ3n) is 4.53. The summed E-state index contributed by atoms with van der Waals surface area (Å²) in [5.41, 5.74) is 1.12. The maximum atomic E-state index is 10.9. The number of ether oxygens (including phenoxy) is 1. The number of hydrogen-bond acceptors (Lipinski definition) is 6. The van der Waals surface area contributed by atoms with Gasteiger partial charge in [-0.3, -0.25) is 4.90 Å². The van der Waals surface area contributed by atoms with E-state index in [4.69, 9.17) is 4.74 Å². The van der Waals surface area contributed by atoms with E-state index >= 15 is 0 Å². The van der Waals surface area contributed by atoms with Crippen LogP contribution in [0.5, 0.6) is 5.88 Å². The number of aryl methyl sites for hydroxylation is 1. The van der Waals surface area contributed by atoms with E-state index in [-0.39, 0.29) is 24.1 Å². The van der Waals surface area contributed by atoms with E-state index < -0.39 is 0 Å². The van der Waals surface area contributed by atoms with Crippen molar-refractivity contribution >= 4 is 32.2 Å². The van der Waals surface area contributed by atoms with Crippen LogP contribution in [-0.2, 0) is 4.74 Å². The lowest BCUT2D eigenvalue weighted by Crippen LogP contribution is -2.47. The lowest BCUT2D eigenvalue weighted by molar-refractivity contribution is -0.0764. The van der Waals surface area contributed by atoms with Crippen LogP contribution in [-0.4, -0.2) is 49.9 Å². The van der Waals surface area contributed by atoms with Crippen molar-refractivity contribution in [2.24, 2.45) is 0 Å². The first-order valence-electron chi connectivity index (χ1n) is 8.62. The summed E-state index contributed by atoms with van der Waals surface area (Å²) in [4.78, 5) is 8.37. The third-order valence-corrected chi connectivity index (χ3v) is 6.10. The van der Waals surface area contributed by atoms with Crippen LogP contribution in [0.4, 0.5) is 0 Å². The van der Waals surface area contributed by atoms with Gasteiger partial charge in [-0.1, -0.05) is 39.4 Å². The Morgan fingerprint density at radius 3 is 2.69 bits per heavy atom. The van der Waals surface area contributed by atoms with E-state index in [1.807, 2.05) is 19.1 Å². The SMILES string of the molecule is Cc1nc2sc([C@H](c3cccc(Br)c3)N3C[C@@H](C)O[C@H](C)C3)c(O)n2n1. The van der Waals surface area contributed by atoms with Gasteiger partial charge in [-0.2, -0.15) is 4.52 Å².